The number of halogens is 2. The molecule has 0 aliphatic carbocycles. The van der Waals surface area contributed by atoms with Gasteiger partial charge in [-0.05, 0) is 30.3 Å². The summed E-state index contributed by atoms with van der Waals surface area (Å²) in [7, 11) is 0. The molecule has 0 radical (unpaired) electrons. The van der Waals surface area contributed by atoms with Crippen molar-refractivity contribution in [3.63, 3.8) is 0 Å². The lowest BCUT2D eigenvalue weighted by molar-refractivity contribution is -0.116. The average molecular weight is 406 g/mol. The van der Waals surface area contributed by atoms with Crippen LogP contribution in [0.1, 0.15) is 6.42 Å². The number of piperazine rings is 1. The summed E-state index contributed by atoms with van der Waals surface area (Å²) in [5, 5.41) is 2.91. The molecule has 0 saturated carbocycles. The minimum absolute atomic E-state index is 0.164. The Kier molecular flexibility index (Phi) is 7.65. The summed E-state index contributed by atoms with van der Waals surface area (Å²) in [6.45, 7) is 5.94. The van der Waals surface area contributed by atoms with Gasteiger partial charge in [0.1, 0.15) is 18.2 Å². The molecule has 1 N–H and O–H groups in total. The number of nitrogens with one attached hydrogen (secondary N) is 1. The molecule has 0 spiro atoms. The van der Waals surface area contributed by atoms with Crippen molar-refractivity contribution in [3.05, 3.63) is 59.4 Å². The first-order valence-corrected chi connectivity index (χ1v) is 9.85. The third-order valence-electron chi connectivity index (χ3n) is 4.74. The molecule has 0 atom stereocenters. The second kappa shape index (κ2) is 10.4. The van der Waals surface area contributed by atoms with Gasteiger partial charge in [0.2, 0.25) is 5.91 Å². The maximum Gasteiger partial charge on any atom is 0.225 e. The van der Waals surface area contributed by atoms with Crippen molar-refractivity contribution in [2.24, 2.45) is 0 Å². The van der Waals surface area contributed by atoms with Gasteiger partial charge >= 0.3 is 0 Å². The zero-order valence-electron chi connectivity index (χ0n) is 15.7. The first-order valence-electron chi connectivity index (χ1n) is 9.47. The highest BCUT2D eigenvalue weighted by Gasteiger charge is 2.17. The Morgan fingerprint density at radius 2 is 1.71 bits per heavy atom. The van der Waals surface area contributed by atoms with Gasteiger partial charge < -0.3 is 15.0 Å². The fourth-order valence-corrected chi connectivity index (χ4v) is 3.27. The smallest absolute Gasteiger partial charge is 0.225 e. The number of ether oxygens (including phenoxy) is 1. The minimum atomic E-state index is -0.521. The standard InChI is InChI=1S/C21H25ClFN3O2/c22-17-6-7-20(19(23)16-17)24-21(27)8-9-25-10-12-26(13-11-25)14-15-28-18-4-2-1-3-5-18/h1-7,16H,8-15H2,(H,24,27). The summed E-state index contributed by atoms with van der Waals surface area (Å²) in [4.78, 5) is 16.7. The maximum absolute atomic E-state index is 13.7. The van der Waals surface area contributed by atoms with Crippen LogP contribution >= 0.6 is 11.6 Å². The second-order valence-electron chi connectivity index (χ2n) is 6.77. The van der Waals surface area contributed by atoms with Crippen molar-refractivity contribution >= 4 is 23.2 Å². The number of rotatable bonds is 8. The van der Waals surface area contributed by atoms with Crippen LogP contribution in [0.4, 0.5) is 10.1 Å². The first-order chi connectivity index (χ1) is 13.6. The number of amides is 1. The van der Waals surface area contributed by atoms with E-state index < -0.39 is 5.82 Å². The predicted molar refractivity (Wildman–Crippen MR) is 109 cm³/mol. The average Bonchev–Trinajstić information content (AvgIpc) is 2.70. The van der Waals surface area contributed by atoms with Gasteiger partial charge in [0.05, 0.1) is 5.69 Å². The summed E-state index contributed by atoms with van der Waals surface area (Å²) in [5.74, 6) is 0.177. The van der Waals surface area contributed by atoms with Crippen LogP contribution in [-0.2, 0) is 4.79 Å². The molecular weight excluding hydrogens is 381 g/mol. The number of anilines is 1. The summed E-state index contributed by atoms with van der Waals surface area (Å²) >= 11 is 5.72. The second-order valence-corrected chi connectivity index (χ2v) is 7.20. The number of para-hydroxylation sites is 1. The quantitative estimate of drug-likeness (QED) is 0.730. The van der Waals surface area contributed by atoms with E-state index in [0.717, 1.165) is 38.5 Å². The van der Waals surface area contributed by atoms with Gasteiger partial charge in [0.25, 0.3) is 0 Å². The van der Waals surface area contributed by atoms with Gasteiger partial charge in [0.15, 0.2) is 0 Å². The van der Waals surface area contributed by atoms with Crippen LogP contribution in [0.2, 0.25) is 5.02 Å². The summed E-state index contributed by atoms with van der Waals surface area (Å²) < 4.78 is 19.5. The van der Waals surface area contributed by atoms with E-state index in [9.17, 15) is 9.18 Å². The Morgan fingerprint density at radius 1 is 1.04 bits per heavy atom. The lowest BCUT2D eigenvalue weighted by atomic mass is 10.2. The Balaban J connectivity index is 1.31. The zero-order valence-corrected chi connectivity index (χ0v) is 16.5. The van der Waals surface area contributed by atoms with Crippen LogP contribution in [0.25, 0.3) is 0 Å². The number of hydrogen-bond acceptors (Lipinski definition) is 4. The van der Waals surface area contributed by atoms with E-state index >= 15 is 0 Å². The number of benzene rings is 2. The topological polar surface area (TPSA) is 44.8 Å². The molecule has 0 aromatic heterocycles. The van der Waals surface area contributed by atoms with Crippen LogP contribution < -0.4 is 10.1 Å². The minimum Gasteiger partial charge on any atom is -0.492 e. The Labute approximate surface area is 170 Å². The molecule has 28 heavy (non-hydrogen) atoms. The van der Waals surface area contributed by atoms with Crippen molar-refractivity contribution in [3.8, 4) is 5.75 Å². The lowest BCUT2D eigenvalue weighted by Gasteiger charge is -2.34. The maximum atomic E-state index is 13.7. The van der Waals surface area contributed by atoms with E-state index in [1.807, 2.05) is 30.3 Å². The van der Waals surface area contributed by atoms with Gasteiger partial charge in [-0.15, -0.1) is 0 Å². The molecule has 150 valence electrons. The molecule has 5 nitrogen and oxygen atoms in total. The third-order valence-corrected chi connectivity index (χ3v) is 4.98. The highest BCUT2D eigenvalue weighted by atomic mass is 35.5. The van der Waals surface area contributed by atoms with Crippen molar-refractivity contribution in [1.82, 2.24) is 9.80 Å². The number of carbonyl (C=O) groups excluding carboxylic acids is 1. The number of nitrogens with zero attached hydrogens (tertiary/aromatic N) is 2. The van der Waals surface area contributed by atoms with E-state index in [-0.39, 0.29) is 11.6 Å². The van der Waals surface area contributed by atoms with Crippen molar-refractivity contribution in [1.29, 1.82) is 0 Å². The third kappa shape index (κ3) is 6.48. The summed E-state index contributed by atoms with van der Waals surface area (Å²) in [5.41, 5.74) is 0.164. The van der Waals surface area contributed by atoms with Crippen LogP contribution in [0.15, 0.2) is 48.5 Å². The molecular formula is C21H25ClFN3O2. The molecule has 1 saturated heterocycles. The Morgan fingerprint density at radius 3 is 2.39 bits per heavy atom. The largest absolute Gasteiger partial charge is 0.492 e. The SMILES string of the molecule is O=C(CCN1CCN(CCOc2ccccc2)CC1)Nc1ccc(Cl)cc1F. The van der Waals surface area contributed by atoms with E-state index in [0.29, 0.717) is 24.6 Å². The zero-order chi connectivity index (χ0) is 19.8. The molecule has 7 heteroatoms. The highest BCUT2D eigenvalue weighted by Crippen LogP contribution is 2.19. The number of carbonyl (C=O) groups is 1. The number of hydrogen-bond donors (Lipinski definition) is 1. The van der Waals surface area contributed by atoms with E-state index in [2.05, 4.69) is 15.1 Å². The van der Waals surface area contributed by atoms with Gasteiger partial charge in [-0.25, -0.2) is 4.39 Å². The first kappa shape index (κ1) is 20.6. The van der Waals surface area contributed by atoms with Gasteiger partial charge in [-0.2, -0.15) is 0 Å². The van der Waals surface area contributed by atoms with Crippen LogP contribution in [-0.4, -0.2) is 61.6 Å². The summed E-state index contributed by atoms with van der Waals surface area (Å²) in [6, 6.07) is 14.0. The molecule has 1 aliphatic rings. The predicted octanol–water partition coefficient (Wildman–Crippen LogP) is 3.50. The summed E-state index contributed by atoms with van der Waals surface area (Å²) in [6.07, 6.45) is 0.333. The van der Waals surface area contributed by atoms with E-state index in [1.165, 1.54) is 12.1 Å². The van der Waals surface area contributed by atoms with Gasteiger partial charge in [0, 0.05) is 50.7 Å². The molecule has 2 aromatic rings. The molecule has 0 unspecified atom stereocenters. The monoisotopic (exact) mass is 405 g/mol. The lowest BCUT2D eigenvalue weighted by Crippen LogP contribution is -2.48. The molecule has 1 fully saturated rings. The van der Waals surface area contributed by atoms with E-state index in [1.54, 1.807) is 6.07 Å². The molecule has 1 aliphatic heterocycles. The van der Waals surface area contributed by atoms with Crippen LogP contribution in [0.5, 0.6) is 5.75 Å². The molecule has 0 bridgehead atoms. The Hall–Kier alpha value is -2.15. The molecule has 3 rings (SSSR count). The van der Waals surface area contributed by atoms with Crippen LogP contribution in [0, 0.1) is 5.82 Å². The van der Waals surface area contributed by atoms with Crippen molar-refractivity contribution in [2.45, 2.75) is 6.42 Å². The van der Waals surface area contributed by atoms with Crippen molar-refractivity contribution < 1.29 is 13.9 Å². The van der Waals surface area contributed by atoms with Crippen LogP contribution in [0.3, 0.4) is 0 Å². The molecule has 1 amide bonds. The fourth-order valence-electron chi connectivity index (χ4n) is 3.11. The van der Waals surface area contributed by atoms with Gasteiger partial charge in [-0.3, -0.25) is 9.69 Å². The van der Waals surface area contributed by atoms with E-state index in [4.69, 9.17) is 16.3 Å². The Bertz CT molecular complexity index is 768. The highest BCUT2D eigenvalue weighted by molar-refractivity contribution is 6.30. The van der Waals surface area contributed by atoms with Gasteiger partial charge in [-0.1, -0.05) is 29.8 Å². The molecule has 2 aromatic carbocycles. The fraction of sp³-hybridized carbons (Fsp3) is 0.381. The van der Waals surface area contributed by atoms with Crippen molar-refractivity contribution in [2.75, 3.05) is 51.2 Å². The normalized spacial score (nSPS) is 15.4. The molecule has 1 heterocycles.